The molecule has 0 spiro atoms. The molecule has 0 bridgehead atoms. The number of esters is 2. The minimum absolute atomic E-state index is 0.579. The van der Waals surface area contributed by atoms with Gasteiger partial charge in [0.2, 0.25) is 0 Å². The fourth-order valence-corrected chi connectivity index (χ4v) is 1.67. The molecule has 0 aromatic heterocycles. The van der Waals surface area contributed by atoms with Crippen LogP contribution >= 0.6 is 0 Å². The predicted molar refractivity (Wildman–Crippen MR) is 59.6 cm³/mol. The van der Waals surface area contributed by atoms with E-state index in [1.165, 1.54) is 32.4 Å². The number of rotatable bonds is 2. The number of likely N-dealkylation sites (tertiary alicyclic amines) is 1. The highest BCUT2D eigenvalue weighted by Gasteiger charge is 2.10. The van der Waals surface area contributed by atoms with Gasteiger partial charge in [0.15, 0.2) is 0 Å². The van der Waals surface area contributed by atoms with Crippen LogP contribution in [0.5, 0.6) is 0 Å². The van der Waals surface area contributed by atoms with Crippen molar-refractivity contribution >= 4 is 11.9 Å². The molecule has 1 fully saturated rings. The van der Waals surface area contributed by atoms with E-state index in [0.29, 0.717) is 0 Å². The van der Waals surface area contributed by atoms with Gasteiger partial charge in [-0.05, 0) is 25.9 Å². The molecule has 90 valence electrons. The molecule has 0 unspecified atom stereocenters. The summed E-state index contributed by atoms with van der Waals surface area (Å²) < 4.78 is 3.97. The van der Waals surface area contributed by atoms with Crippen LogP contribution in [0.4, 0.5) is 0 Å². The molecule has 5 heteroatoms. The van der Waals surface area contributed by atoms with E-state index < -0.39 is 11.9 Å². The minimum Gasteiger partial charge on any atom is -0.387 e. The Balaban J connectivity index is 0.000000165. The zero-order chi connectivity index (χ0) is 11.8. The van der Waals surface area contributed by atoms with Crippen LogP contribution in [0.2, 0.25) is 0 Å². The van der Waals surface area contributed by atoms with Crippen molar-refractivity contribution in [2.45, 2.75) is 19.3 Å². The van der Waals surface area contributed by atoms with Crippen molar-refractivity contribution in [2.75, 3.05) is 26.2 Å². The van der Waals surface area contributed by atoms with Crippen LogP contribution in [-0.2, 0) is 14.3 Å². The quantitative estimate of drug-likeness (QED) is 0.532. The van der Waals surface area contributed by atoms with Crippen LogP contribution in [0.25, 0.3) is 0 Å². The summed E-state index contributed by atoms with van der Waals surface area (Å²) in [5.74, 6) is -1.16. The molecule has 16 heavy (non-hydrogen) atoms. The number of hydrogen-bond donors (Lipinski definition) is 1. The van der Waals surface area contributed by atoms with Gasteiger partial charge in [0, 0.05) is 25.2 Å². The fourth-order valence-electron chi connectivity index (χ4n) is 1.67. The lowest BCUT2D eigenvalue weighted by Crippen LogP contribution is -2.33. The van der Waals surface area contributed by atoms with Crippen LogP contribution in [0.15, 0.2) is 12.2 Å². The summed E-state index contributed by atoms with van der Waals surface area (Å²) in [7, 11) is 0. The number of nitrogens with two attached hydrogens (primary N) is 1. The molecule has 0 aromatic carbocycles. The maximum Gasteiger partial charge on any atom is 0.338 e. The van der Waals surface area contributed by atoms with E-state index in [-0.39, 0.29) is 0 Å². The summed E-state index contributed by atoms with van der Waals surface area (Å²) in [6.07, 6.45) is 6.34. The molecule has 2 aliphatic heterocycles. The number of ether oxygens (including phenoxy) is 1. The van der Waals surface area contributed by atoms with Gasteiger partial charge in [-0.15, -0.1) is 0 Å². The fraction of sp³-hybridized carbons (Fsp3) is 0.636. The van der Waals surface area contributed by atoms with E-state index in [4.69, 9.17) is 5.73 Å². The van der Waals surface area contributed by atoms with E-state index in [1.807, 2.05) is 0 Å². The largest absolute Gasteiger partial charge is 0.387 e. The summed E-state index contributed by atoms with van der Waals surface area (Å²) in [6, 6.07) is 0. The third kappa shape index (κ3) is 5.04. The lowest BCUT2D eigenvalue weighted by atomic mass is 10.1. The Hall–Kier alpha value is -1.20. The molecule has 5 nitrogen and oxygen atoms in total. The average Bonchev–Trinajstić information content (AvgIpc) is 2.65. The monoisotopic (exact) mass is 226 g/mol. The van der Waals surface area contributed by atoms with Crippen molar-refractivity contribution in [2.24, 2.45) is 5.73 Å². The van der Waals surface area contributed by atoms with Crippen LogP contribution in [0.1, 0.15) is 19.3 Å². The number of nitrogens with zero attached hydrogens (tertiary/aromatic N) is 1. The second-order valence-corrected chi connectivity index (χ2v) is 3.76. The zero-order valence-corrected chi connectivity index (χ0v) is 9.35. The Morgan fingerprint density at radius 3 is 2.06 bits per heavy atom. The van der Waals surface area contributed by atoms with Gasteiger partial charge < -0.3 is 15.4 Å². The highest BCUT2D eigenvalue weighted by Crippen LogP contribution is 2.06. The van der Waals surface area contributed by atoms with Crippen LogP contribution in [0, 0.1) is 0 Å². The van der Waals surface area contributed by atoms with Crippen molar-refractivity contribution < 1.29 is 14.3 Å². The summed E-state index contributed by atoms with van der Waals surface area (Å²) in [4.78, 5) is 22.3. The van der Waals surface area contributed by atoms with Gasteiger partial charge >= 0.3 is 11.9 Å². The first-order chi connectivity index (χ1) is 7.72. The van der Waals surface area contributed by atoms with E-state index in [0.717, 1.165) is 25.2 Å². The minimum atomic E-state index is -0.579. The Morgan fingerprint density at radius 1 is 1.12 bits per heavy atom. The molecule has 0 saturated carbocycles. The number of hydrogen-bond acceptors (Lipinski definition) is 5. The Morgan fingerprint density at radius 2 is 1.69 bits per heavy atom. The highest BCUT2D eigenvalue weighted by atomic mass is 16.6. The molecular formula is C11H18N2O3. The summed E-state index contributed by atoms with van der Waals surface area (Å²) in [5, 5.41) is 0. The summed E-state index contributed by atoms with van der Waals surface area (Å²) in [6.45, 7) is 4.47. The van der Waals surface area contributed by atoms with Gasteiger partial charge in [0.25, 0.3) is 0 Å². The van der Waals surface area contributed by atoms with E-state index in [2.05, 4.69) is 9.64 Å². The van der Waals surface area contributed by atoms with Crippen molar-refractivity contribution in [1.29, 1.82) is 0 Å². The van der Waals surface area contributed by atoms with E-state index in [9.17, 15) is 9.59 Å². The Kier molecular flexibility index (Phi) is 5.74. The van der Waals surface area contributed by atoms with Gasteiger partial charge in [-0.1, -0.05) is 6.42 Å². The lowest BCUT2D eigenvalue weighted by molar-refractivity contribution is -0.150. The van der Waals surface area contributed by atoms with Gasteiger partial charge in [0.05, 0.1) is 0 Å². The Bertz CT molecular complexity index is 252. The zero-order valence-electron chi connectivity index (χ0n) is 9.35. The normalized spacial score (nSPS) is 20.3. The molecule has 2 N–H and O–H groups in total. The lowest BCUT2D eigenvalue weighted by Gasteiger charge is -2.25. The first-order valence-electron chi connectivity index (χ1n) is 5.58. The standard InChI is InChI=1S/C7H16N2.C4H2O3/c8-4-7-9-5-2-1-3-6-9;5-3-1-2-4(6)7-3/h1-8H2;1-2H. The molecule has 0 aliphatic carbocycles. The third-order valence-electron chi connectivity index (χ3n) is 2.45. The molecule has 2 rings (SSSR count). The second-order valence-electron chi connectivity index (χ2n) is 3.76. The number of cyclic esters (lactones) is 2. The van der Waals surface area contributed by atoms with Crippen LogP contribution < -0.4 is 5.73 Å². The number of carbonyl (C=O) groups is 2. The molecule has 1 saturated heterocycles. The highest BCUT2D eigenvalue weighted by molar-refractivity contribution is 6.04. The molecule has 2 aliphatic rings. The predicted octanol–water partition coefficient (Wildman–Crippen LogP) is 0.0570. The first-order valence-corrected chi connectivity index (χ1v) is 5.58. The summed E-state index contributed by atoms with van der Waals surface area (Å²) >= 11 is 0. The van der Waals surface area contributed by atoms with Crippen molar-refractivity contribution in [3.63, 3.8) is 0 Å². The van der Waals surface area contributed by atoms with Crippen LogP contribution in [0.3, 0.4) is 0 Å². The number of piperidine rings is 1. The van der Waals surface area contributed by atoms with Crippen molar-refractivity contribution in [3.05, 3.63) is 12.2 Å². The molecule has 0 amide bonds. The van der Waals surface area contributed by atoms with E-state index >= 15 is 0 Å². The van der Waals surface area contributed by atoms with Gasteiger partial charge in [0.1, 0.15) is 0 Å². The smallest absolute Gasteiger partial charge is 0.338 e. The first kappa shape index (κ1) is 12.9. The maximum absolute atomic E-state index is 9.92. The topological polar surface area (TPSA) is 72.6 Å². The molecular weight excluding hydrogens is 208 g/mol. The average molecular weight is 226 g/mol. The van der Waals surface area contributed by atoms with Gasteiger partial charge in [-0.3, -0.25) is 0 Å². The SMILES string of the molecule is NCCN1CCCCC1.O=C1C=CC(=O)O1. The molecule has 0 aromatic rings. The molecule has 2 heterocycles. The summed E-state index contributed by atoms with van der Waals surface area (Å²) in [5.41, 5.74) is 5.42. The van der Waals surface area contributed by atoms with Gasteiger partial charge in [-0.25, -0.2) is 9.59 Å². The Labute approximate surface area is 95.2 Å². The van der Waals surface area contributed by atoms with Crippen LogP contribution in [-0.4, -0.2) is 43.0 Å². The van der Waals surface area contributed by atoms with E-state index in [1.54, 1.807) is 0 Å². The van der Waals surface area contributed by atoms with Crippen molar-refractivity contribution in [3.8, 4) is 0 Å². The third-order valence-corrected chi connectivity index (χ3v) is 2.45. The van der Waals surface area contributed by atoms with Gasteiger partial charge in [-0.2, -0.15) is 0 Å². The number of carbonyl (C=O) groups excluding carboxylic acids is 2. The molecule has 0 radical (unpaired) electrons. The van der Waals surface area contributed by atoms with Crippen molar-refractivity contribution in [1.82, 2.24) is 4.90 Å². The second kappa shape index (κ2) is 7.14. The molecule has 0 atom stereocenters. The maximum atomic E-state index is 9.92.